The fourth-order valence-corrected chi connectivity index (χ4v) is 2.96. The minimum Gasteiger partial charge on any atom is -0.495 e. The third-order valence-corrected chi connectivity index (χ3v) is 4.67. The van der Waals surface area contributed by atoms with Gasteiger partial charge >= 0.3 is 0 Å². The topological polar surface area (TPSA) is 86.5 Å². The van der Waals surface area contributed by atoms with E-state index in [1.165, 1.54) is 5.56 Å². The normalized spacial score (nSPS) is 10.5. The summed E-state index contributed by atoms with van der Waals surface area (Å²) in [7, 11) is 1.56. The van der Waals surface area contributed by atoms with E-state index < -0.39 is 0 Å². The van der Waals surface area contributed by atoms with Crippen molar-refractivity contribution in [2.24, 2.45) is 0 Å². The number of ether oxygens (including phenoxy) is 2. The quantitative estimate of drug-likeness (QED) is 0.545. The van der Waals surface area contributed by atoms with Crippen LogP contribution in [0.4, 0.5) is 5.69 Å². The molecule has 2 aromatic carbocycles. The number of benzene rings is 2. The van der Waals surface area contributed by atoms with Crippen LogP contribution in [0.3, 0.4) is 0 Å². The van der Waals surface area contributed by atoms with Crippen LogP contribution in [0, 0.1) is 0 Å². The maximum Gasteiger partial charge on any atom is 0.277 e. The van der Waals surface area contributed by atoms with Gasteiger partial charge in [0, 0.05) is 0 Å². The number of nitrogens with one attached hydrogen (secondary N) is 1. The summed E-state index contributed by atoms with van der Waals surface area (Å²) in [6, 6.07) is 15.1. The minimum atomic E-state index is -0.193. The van der Waals surface area contributed by atoms with Crippen molar-refractivity contribution in [2.75, 3.05) is 18.2 Å². The molecule has 146 valence electrons. The van der Waals surface area contributed by atoms with Crippen molar-refractivity contribution in [3.8, 4) is 11.5 Å². The highest BCUT2D eigenvalue weighted by molar-refractivity contribution is 7.99. The van der Waals surface area contributed by atoms with Gasteiger partial charge in [-0.15, -0.1) is 10.2 Å². The first kappa shape index (κ1) is 19.8. The lowest BCUT2D eigenvalue weighted by atomic mass is 10.2. The zero-order valence-corrected chi connectivity index (χ0v) is 16.5. The SMILES string of the molecule is CCc1ccc(OCc2nnc(SCC(=O)Nc3ccccc3OC)o2)cc1. The minimum absolute atomic E-state index is 0.138. The summed E-state index contributed by atoms with van der Waals surface area (Å²) in [6.07, 6.45) is 0.981. The van der Waals surface area contributed by atoms with Gasteiger partial charge in [0.25, 0.3) is 11.1 Å². The van der Waals surface area contributed by atoms with Crippen molar-refractivity contribution in [3.05, 3.63) is 60.0 Å². The van der Waals surface area contributed by atoms with Crippen LogP contribution in [-0.2, 0) is 17.8 Å². The van der Waals surface area contributed by atoms with Crippen LogP contribution < -0.4 is 14.8 Å². The average molecular weight is 399 g/mol. The summed E-state index contributed by atoms with van der Waals surface area (Å²) in [5.41, 5.74) is 1.86. The van der Waals surface area contributed by atoms with Gasteiger partial charge in [-0.3, -0.25) is 4.79 Å². The first-order valence-electron chi connectivity index (χ1n) is 8.77. The number of para-hydroxylation sites is 2. The van der Waals surface area contributed by atoms with Crippen molar-refractivity contribution < 1.29 is 18.7 Å². The number of carbonyl (C=O) groups excluding carboxylic acids is 1. The second kappa shape index (κ2) is 9.80. The summed E-state index contributed by atoms with van der Waals surface area (Å²) >= 11 is 1.16. The van der Waals surface area contributed by atoms with E-state index in [0.717, 1.165) is 23.9 Å². The van der Waals surface area contributed by atoms with Crippen LogP contribution in [-0.4, -0.2) is 29.0 Å². The van der Waals surface area contributed by atoms with E-state index in [-0.39, 0.29) is 18.3 Å². The van der Waals surface area contributed by atoms with Crippen LogP contribution >= 0.6 is 11.8 Å². The van der Waals surface area contributed by atoms with E-state index >= 15 is 0 Å². The molecule has 28 heavy (non-hydrogen) atoms. The number of carbonyl (C=O) groups is 1. The molecule has 0 fully saturated rings. The van der Waals surface area contributed by atoms with Gasteiger partial charge < -0.3 is 19.2 Å². The van der Waals surface area contributed by atoms with Crippen LogP contribution in [0.1, 0.15) is 18.4 Å². The molecule has 0 bridgehead atoms. The van der Waals surface area contributed by atoms with Crippen molar-refractivity contribution in [1.82, 2.24) is 10.2 Å². The van der Waals surface area contributed by atoms with E-state index in [2.05, 4.69) is 22.4 Å². The summed E-state index contributed by atoms with van der Waals surface area (Å²) in [6.45, 7) is 2.27. The predicted molar refractivity (Wildman–Crippen MR) is 107 cm³/mol. The zero-order chi connectivity index (χ0) is 19.8. The number of anilines is 1. The number of rotatable bonds is 9. The summed E-state index contributed by atoms with van der Waals surface area (Å²) in [5.74, 6) is 1.64. The second-order valence-corrected chi connectivity index (χ2v) is 6.71. The third kappa shape index (κ3) is 5.50. The van der Waals surface area contributed by atoms with Crippen LogP contribution in [0.15, 0.2) is 58.2 Å². The number of aryl methyl sites for hydroxylation is 1. The van der Waals surface area contributed by atoms with Crippen LogP contribution in [0.2, 0.25) is 0 Å². The Morgan fingerprint density at radius 3 is 2.68 bits per heavy atom. The third-order valence-electron chi connectivity index (χ3n) is 3.85. The Labute approximate surface area is 167 Å². The summed E-state index contributed by atoms with van der Waals surface area (Å²) in [5, 5.41) is 11.0. The van der Waals surface area contributed by atoms with Crippen molar-refractivity contribution >= 4 is 23.4 Å². The van der Waals surface area contributed by atoms with E-state index in [1.54, 1.807) is 19.2 Å². The molecule has 1 N–H and O–H groups in total. The monoisotopic (exact) mass is 399 g/mol. The standard InChI is InChI=1S/C20H21N3O4S/c1-3-14-8-10-15(11-9-14)26-12-19-22-23-20(27-19)28-13-18(24)21-16-6-4-5-7-17(16)25-2/h4-11H,3,12-13H2,1-2H3,(H,21,24). The van der Waals surface area contributed by atoms with Gasteiger partial charge in [-0.2, -0.15) is 0 Å². The van der Waals surface area contributed by atoms with Gasteiger partial charge in [0.1, 0.15) is 11.5 Å². The van der Waals surface area contributed by atoms with Crippen LogP contribution in [0.5, 0.6) is 11.5 Å². The lowest BCUT2D eigenvalue weighted by molar-refractivity contribution is -0.113. The predicted octanol–water partition coefficient (Wildman–Crippen LogP) is 3.95. The second-order valence-electron chi connectivity index (χ2n) is 5.79. The molecule has 1 amide bonds. The molecule has 1 aromatic heterocycles. The van der Waals surface area contributed by atoms with E-state index in [4.69, 9.17) is 13.9 Å². The van der Waals surface area contributed by atoms with Gasteiger partial charge in [-0.1, -0.05) is 43.0 Å². The number of amides is 1. The lowest BCUT2D eigenvalue weighted by Crippen LogP contribution is -2.14. The van der Waals surface area contributed by atoms with Gasteiger partial charge in [0.15, 0.2) is 6.61 Å². The number of hydrogen-bond donors (Lipinski definition) is 1. The first-order chi connectivity index (χ1) is 13.7. The Hall–Kier alpha value is -3.00. The molecule has 7 nitrogen and oxygen atoms in total. The van der Waals surface area contributed by atoms with Crippen LogP contribution in [0.25, 0.3) is 0 Å². The molecule has 0 aliphatic carbocycles. The fraction of sp³-hybridized carbons (Fsp3) is 0.250. The van der Waals surface area contributed by atoms with E-state index in [0.29, 0.717) is 22.6 Å². The van der Waals surface area contributed by atoms with Crippen molar-refractivity contribution in [3.63, 3.8) is 0 Å². The average Bonchev–Trinajstić information content (AvgIpc) is 3.19. The van der Waals surface area contributed by atoms with E-state index in [1.807, 2.05) is 36.4 Å². The highest BCUT2D eigenvalue weighted by atomic mass is 32.2. The van der Waals surface area contributed by atoms with Crippen molar-refractivity contribution in [2.45, 2.75) is 25.2 Å². The highest BCUT2D eigenvalue weighted by Gasteiger charge is 2.12. The number of aromatic nitrogens is 2. The maximum atomic E-state index is 12.1. The Kier molecular flexibility index (Phi) is 6.91. The largest absolute Gasteiger partial charge is 0.495 e. The van der Waals surface area contributed by atoms with Gasteiger partial charge in [0.2, 0.25) is 5.91 Å². The smallest absolute Gasteiger partial charge is 0.277 e. The number of nitrogens with zero attached hydrogens (tertiary/aromatic N) is 2. The molecular formula is C20H21N3O4S. The summed E-state index contributed by atoms with van der Waals surface area (Å²) < 4.78 is 16.4. The van der Waals surface area contributed by atoms with E-state index in [9.17, 15) is 4.79 Å². The molecule has 3 aromatic rings. The fourth-order valence-electron chi connectivity index (χ4n) is 2.38. The Balaban J connectivity index is 1.46. The molecule has 3 rings (SSSR count). The zero-order valence-electron chi connectivity index (χ0n) is 15.7. The number of methoxy groups -OCH3 is 1. The van der Waals surface area contributed by atoms with Gasteiger partial charge in [-0.25, -0.2) is 0 Å². The number of hydrogen-bond acceptors (Lipinski definition) is 7. The number of thioether (sulfide) groups is 1. The Morgan fingerprint density at radius 2 is 1.93 bits per heavy atom. The molecular weight excluding hydrogens is 378 g/mol. The Morgan fingerprint density at radius 1 is 1.14 bits per heavy atom. The molecule has 8 heteroatoms. The molecule has 0 atom stereocenters. The molecule has 0 unspecified atom stereocenters. The lowest BCUT2D eigenvalue weighted by Gasteiger charge is -2.08. The molecule has 0 saturated carbocycles. The molecule has 0 spiro atoms. The van der Waals surface area contributed by atoms with Gasteiger partial charge in [0.05, 0.1) is 18.6 Å². The van der Waals surface area contributed by atoms with Crippen molar-refractivity contribution in [1.29, 1.82) is 0 Å². The molecule has 0 saturated heterocycles. The molecule has 0 aliphatic heterocycles. The highest BCUT2D eigenvalue weighted by Crippen LogP contribution is 2.24. The first-order valence-corrected chi connectivity index (χ1v) is 9.76. The summed E-state index contributed by atoms with van der Waals surface area (Å²) in [4.78, 5) is 12.1. The molecule has 0 aliphatic rings. The molecule has 1 heterocycles. The Bertz CT molecular complexity index is 912. The van der Waals surface area contributed by atoms with Gasteiger partial charge in [-0.05, 0) is 36.2 Å². The molecule has 0 radical (unpaired) electrons. The maximum absolute atomic E-state index is 12.1.